The summed E-state index contributed by atoms with van der Waals surface area (Å²) in [5, 5.41) is 6.09. The molecule has 11 heteroatoms. The first kappa shape index (κ1) is 24.8. The molecule has 0 bridgehead atoms. The Morgan fingerprint density at radius 3 is 2.89 bits per heavy atom. The Hall–Kier alpha value is -3.34. The molecule has 1 fully saturated rings. The lowest BCUT2D eigenvalue weighted by molar-refractivity contribution is -0.114. The number of nitrogens with one attached hydrogen (secondary N) is 2. The van der Waals surface area contributed by atoms with Gasteiger partial charge in [0.1, 0.15) is 23.7 Å². The molecule has 1 atom stereocenters. The fourth-order valence-corrected chi connectivity index (χ4v) is 3.86. The smallest absolute Gasteiger partial charge is 0.284 e. The highest BCUT2D eigenvalue weighted by Crippen LogP contribution is 2.34. The van der Waals surface area contributed by atoms with Crippen LogP contribution in [0.25, 0.3) is 10.9 Å². The molecule has 3 aromatic rings. The van der Waals surface area contributed by atoms with Crippen molar-refractivity contribution in [1.82, 2.24) is 14.9 Å². The Balaban J connectivity index is 1.56. The molecule has 0 aliphatic carbocycles. The third-order valence-electron chi connectivity index (χ3n) is 5.69. The standard InChI is InChI=1S/C24H24ClF2N5O3/c1-32(15-6-8-35-12-15)7-5-19(27)24(33)31-21-10-16-20(11-22(21)34-2)28-13-29-23(16)30-14-3-4-18(26)17(25)9-14/h3-5,9-11,13,15H,6-8,12H2,1-2H3,(H,31,33)(H,28,29,30)/b19-5-. The van der Waals surface area contributed by atoms with Crippen LogP contribution in [-0.4, -0.2) is 60.7 Å². The maximum atomic E-state index is 14.6. The third-order valence-corrected chi connectivity index (χ3v) is 5.98. The van der Waals surface area contributed by atoms with E-state index >= 15 is 0 Å². The van der Waals surface area contributed by atoms with Gasteiger partial charge in [0, 0.05) is 36.3 Å². The lowest BCUT2D eigenvalue weighted by Crippen LogP contribution is -2.32. The number of nitrogens with zero attached hydrogens (tertiary/aromatic N) is 3. The summed E-state index contributed by atoms with van der Waals surface area (Å²) in [5.41, 5.74) is 1.26. The number of carbonyl (C=O) groups is 1. The summed E-state index contributed by atoms with van der Waals surface area (Å²) >= 11 is 5.87. The zero-order valence-corrected chi connectivity index (χ0v) is 19.9. The SMILES string of the molecule is COc1cc2ncnc(Nc3ccc(F)c(Cl)c3)c2cc1NC(=O)/C(F)=C/CN(C)C1CCOC1. The minimum atomic E-state index is -0.915. The second-order valence-electron chi connectivity index (χ2n) is 8.01. The summed E-state index contributed by atoms with van der Waals surface area (Å²) in [4.78, 5) is 23.0. The maximum absolute atomic E-state index is 14.6. The van der Waals surface area contributed by atoms with Crippen LogP contribution in [0.2, 0.25) is 5.02 Å². The zero-order valence-electron chi connectivity index (χ0n) is 19.1. The molecule has 4 rings (SSSR count). The average Bonchev–Trinajstić information content (AvgIpc) is 3.40. The first-order valence-corrected chi connectivity index (χ1v) is 11.2. The molecule has 1 saturated heterocycles. The molecule has 0 saturated carbocycles. The molecule has 8 nitrogen and oxygen atoms in total. The lowest BCUT2D eigenvalue weighted by atomic mass is 10.1. The minimum absolute atomic E-state index is 0.0450. The van der Waals surface area contributed by atoms with Crippen LogP contribution in [0.3, 0.4) is 0 Å². The number of ether oxygens (including phenoxy) is 2. The average molecular weight is 504 g/mol. The minimum Gasteiger partial charge on any atom is -0.494 e. The van der Waals surface area contributed by atoms with Crippen LogP contribution in [0.5, 0.6) is 5.75 Å². The Morgan fingerprint density at radius 2 is 2.17 bits per heavy atom. The quantitative estimate of drug-likeness (QED) is 0.431. The number of aromatic nitrogens is 2. The number of likely N-dealkylation sites (N-methyl/N-ethyl adjacent to an activating group) is 1. The van der Waals surface area contributed by atoms with Crippen LogP contribution >= 0.6 is 11.6 Å². The molecule has 1 aliphatic rings. The fraction of sp³-hybridized carbons (Fsp3) is 0.292. The van der Waals surface area contributed by atoms with E-state index in [9.17, 15) is 13.6 Å². The summed E-state index contributed by atoms with van der Waals surface area (Å²) in [6, 6.07) is 7.54. The number of hydrogen-bond donors (Lipinski definition) is 2. The van der Waals surface area contributed by atoms with E-state index in [-0.39, 0.29) is 23.3 Å². The van der Waals surface area contributed by atoms with E-state index in [1.165, 1.54) is 37.7 Å². The highest BCUT2D eigenvalue weighted by molar-refractivity contribution is 6.31. The molecule has 1 aromatic heterocycles. The molecule has 1 unspecified atom stereocenters. The normalized spacial score (nSPS) is 16.1. The molecule has 1 aliphatic heterocycles. The molecular formula is C24H24ClF2N5O3. The Kier molecular flexibility index (Phi) is 7.74. The van der Waals surface area contributed by atoms with Gasteiger partial charge >= 0.3 is 0 Å². The summed E-state index contributed by atoms with van der Waals surface area (Å²) in [6.07, 6.45) is 3.45. The molecule has 2 N–H and O–H groups in total. The fourth-order valence-electron chi connectivity index (χ4n) is 3.68. The molecule has 0 spiro atoms. The van der Waals surface area contributed by atoms with Crippen LogP contribution in [-0.2, 0) is 9.53 Å². The van der Waals surface area contributed by atoms with Crippen molar-refractivity contribution in [3.8, 4) is 5.75 Å². The lowest BCUT2D eigenvalue weighted by Gasteiger charge is -2.20. The predicted octanol–water partition coefficient (Wildman–Crippen LogP) is 4.69. The molecule has 0 radical (unpaired) electrons. The Labute approximate surface area is 205 Å². The van der Waals surface area contributed by atoms with Gasteiger partial charge < -0.3 is 20.1 Å². The van der Waals surface area contributed by atoms with E-state index < -0.39 is 17.6 Å². The zero-order chi connectivity index (χ0) is 24.9. The predicted molar refractivity (Wildman–Crippen MR) is 130 cm³/mol. The number of anilines is 3. The van der Waals surface area contributed by atoms with E-state index in [1.54, 1.807) is 12.1 Å². The number of carbonyl (C=O) groups excluding carboxylic acids is 1. The van der Waals surface area contributed by atoms with Gasteiger partial charge in [-0.3, -0.25) is 9.69 Å². The van der Waals surface area contributed by atoms with Crippen LogP contribution in [0, 0.1) is 5.82 Å². The summed E-state index contributed by atoms with van der Waals surface area (Å²) in [5.74, 6) is -1.69. The van der Waals surface area contributed by atoms with Crippen LogP contribution in [0.1, 0.15) is 6.42 Å². The van der Waals surface area contributed by atoms with Crippen molar-refractivity contribution >= 4 is 45.6 Å². The van der Waals surface area contributed by atoms with E-state index in [0.29, 0.717) is 41.4 Å². The Morgan fingerprint density at radius 1 is 1.34 bits per heavy atom. The van der Waals surface area contributed by atoms with Crippen molar-refractivity contribution in [2.45, 2.75) is 12.5 Å². The van der Waals surface area contributed by atoms with Crippen LogP contribution in [0.4, 0.5) is 26.0 Å². The molecule has 1 amide bonds. The van der Waals surface area contributed by atoms with Gasteiger partial charge in [0.25, 0.3) is 5.91 Å². The van der Waals surface area contributed by atoms with Gasteiger partial charge in [0.2, 0.25) is 0 Å². The summed E-state index contributed by atoms with van der Waals surface area (Å²) < 4.78 is 38.8. The van der Waals surface area contributed by atoms with Gasteiger partial charge in [-0.15, -0.1) is 0 Å². The van der Waals surface area contributed by atoms with Crippen molar-refractivity contribution in [2.75, 3.05) is 44.5 Å². The maximum Gasteiger partial charge on any atom is 0.284 e. The number of hydrogen-bond acceptors (Lipinski definition) is 7. The molecule has 35 heavy (non-hydrogen) atoms. The van der Waals surface area contributed by atoms with Gasteiger partial charge in [0.15, 0.2) is 5.83 Å². The molecular weight excluding hydrogens is 480 g/mol. The van der Waals surface area contributed by atoms with Gasteiger partial charge in [-0.2, -0.15) is 0 Å². The number of fused-ring (bicyclic) bond motifs is 1. The number of halogens is 3. The highest BCUT2D eigenvalue weighted by Gasteiger charge is 2.20. The summed E-state index contributed by atoms with van der Waals surface area (Å²) in [6.45, 7) is 1.54. The number of benzene rings is 2. The van der Waals surface area contributed by atoms with E-state index in [4.69, 9.17) is 21.1 Å². The number of rotatable bonds is 8. The second kappa shape index (κ2) is 10.9. The monoisotopic (exact) mass is 503 g/mol. The third kappa shape index (κ3) is 5.84. The van der Waals surface area contributed by atoms with E-state index in [2.05, 4.69) is 20.6 Å². The topological polar surface area (TPSA) is 88.6 Å². The van der Waals surface area contributed by atoms with Crippen molar-refractivity contribution in [1.29, 1.82) is 0 Å². The van der Waals surface area contributed by atoms with Gasteiger partial charge in [-0.1, -0.05) is 11.6 Å². The van der Waals surface area contributed by atoms with Crippen molar-refractivity contribution in [3.05, 3.63) is 59.4 Å². The number of methoxy groups -OCH3 is 1. The van der Waals surface area contributed by atoms with Gasteiger partial charge in [0.05, 0.1) is 29.9 Å². The first-order chi connectivity index (χ1) is 16.9. The largest absolute Gasteiger partial charge is 0.494 e. The molecule has 184 valence electrons. The van der Waals surface area contributed by atoms with E-state index in [1.807, 2.05) is 11.9 Å². The van der Waals surface area contributed by atoms with Gasteiger partial charge in [-0.25, -0.2) is 18.7 Å². The molecule has 2 aromatic carbocycles. The first-order valence-electron chi connectivity index (χ1n) is 10.9. The van der Waals surface area contributed by atoms with Crippen molar-refractivity contribution in [3.63, 3.8) is 0 Å². The van der Waals surface area contributed by atoms with Crippen molar-refractivity contribution in [2.24, 2.45) is 0 Å². The number of amides is 1. The highest BCUT2D eigenvalue weighted by atomic mass is 35.5. The Bertz CT molecular complexity index is 1270. The molecule has 2 heterocycles. The summed E-state index contributed by atoms with van der Waals surface area (Å²) in [7, 11) is 3.29. The van der Waals surface area contributed by atoms with Gasteiger partial charge in [-0.05, 0) is 43.8 Å². The van der Waals surface area contributed by atoms with Crippen molar-refractivity contribution < 1.29 is 23.0 Å². The van der Waals surface area contributed by atoms with E-state index in [0.717, 1.165) is 6.42 Å². The van der Waals surface area contributed by atoms with Crippen LogP contribution < -0.4 is 15.4 Å². The second-order valence-corrected chi connectivity index (χ2v) is 8.42. The van der Waals surface area contributed by atoms with Crippen LogP contribution in [0.15, 0.2) is 48.6 Å².